The van der Waals surface area contributed by atoms with Gasteiger partial charge in [-0.3, -0.25) is 4.90 Å². The summed E-state index contributed by atoms with van der Waals surface area (Å²) in [5, 5.41) is 10.9. The zero-order chi connectivity index (χ0) is 25.8. The molecule has 1 saturated heterocycles. The Morgan fingerprint density at radius 1 is 0.865 bits per heavy atom. The number of anilines is 1. The largest absolute Gasteiger partial charge is 0.478 e. The highest BCUT2D eigenvalue weighted by Crippen LogP contribution is 2.35. The molecule has 1 N–H and O–H groups in total. The number of ether oxygens (including phenoxy) is 1. The summed E-state index contributed by atoms with van der Waals surface area (Å²) in [7, 11) is 0. The first kappa shape index (κ1) is 25.7. The topological polar surface area (TPSA) is 53.0 Å². The Morgan fingerprint density at radius 2 is 1.59 bits per heavy atom. The van der Waals surface area contributed by atoms with Crippen LogP contribution in [0.3, 0.4) is 0 Å². The molecule has 37 heavy (non-hydrogen) atoms. The van der Waals surface area contributed by atoms with Crippen LogP contribution >= 0.6 is 23.2 Å². The van der Waals surface area contributed by atoms with Gasteiger partial charge >= 0.3 is 5.97 Å². The maximum absolute atomic E-state index is 11.8. The molecule has 3 aromatic carbocycles. The van der Waals surface area contributed by atoms with E-state index in [0.717, 1.165) is 56.3 Å². The van der Waals surface area contributed by atoms with Crippen LogP contribution in [-0.2, 0) is 0 Å². The van der Waals surface area contributed by atoms with Gasteiger partial charge in [-0.2, -0.15) is 0 Å². The number of hydrogen-bond donors (Lipinski definition) is 1. The maximum Gasteiger partial charge on any atom is 0.339 e. The molecule has 0 atom stereocenters. The van der Waals surface area contributed by atoms with E-state index < -0.39 is 5.97 Å². The zero-order valence-electron chi connectivity index (χ0n) is 20.6. The summed E-state index contributed by atoms with van der Waals surface area (Å²) in [6.07, 6.45) is 4.76. The molecule has 1 aliphatic heterocycles. The number of allylic oxidation sites excluding steroid dienone is 1. The van der Waals surface area contributed by atoms with Gasteiger partial charge in [-0.15, -0.1) is 0 Å². The minimum Gasteiger partial charge on any atom is -0.478 e. The van der Waals surface area contributed by atoms with Crippen molar-refractivity contribution in [2.45, 2.75) is 25.7 Å². The number of aromatic carboxylic acids is 1. The molecule has 5 nitrogen and oxygen atoms in total. The minimum absolute atomic E-state index is 0.112. The molecule has 1 heterocycles. The van der Waals surface area contributed by atoms with Gasteiger partial charge in [-0.25, -0.2) is 4.79 Å². The summed E-state index contributed by atoms with van der Waals surface area (Å²) in [4.78, 5) is 16.6. The summed E-state index contributed by atoms with van der Waals surface area (Å²) in [5.41, 5.74) is 5.38. The van der Waals surface area contributed by atoms with Crippen molar-refractivity contribution in [3.63, 3.8) is 0 Å². The van der Waals surface area contributed by atoms with Crippen LogP contribution in [0.2, 0.25) is 10.0 Å². The monoisotopic (exact) mass is 536 g/mol. The number of carboxylic acid groups (broad SMARTS) is 1. The van der Waals surface area contributed by atoms with Crippen LogP contribution in [0.15, 0.2) is 72.3 Å². The lowest BCUT2D eigenvalue weighted by Crippen LogP contribution is -2.47. The van der Waals surface area contributed by atoms with Crippen LogP contribution < -0.4 is 9.64 Å². The van der Waals surface area contributed by atoms with Gasteiger partial charge in [0.25, 0.3) is 0 Å². The van der Waals surface area contributed by atoms with E-state index in [1.165, 1.54) is 24.0 Å². The second kappa shape index (κ2) is 11.6. The van der Waals surface area contributed by atoms with E-state index in [4.69, 9.17) is 27.9 Å². The van der Waals surface area contributed by atoms with Crippen LogP contribution in [0.4, 0.5) is 5.69 Å². The first-order chi connectivity index (χ1) is 18.0. The number of rotatable bonds is 7. The fourth-order valence-electron chi connectivity index (χ4n) is 5.19. The van der Waals surface area contributed by atoms with Crippen LogP contribution in [0, 0.1) is 0 Å². The molecule has 0 amide bonds. The number of carbonyl (C=O) groups is 1. The van der Waals surface area contributed by atoms with Crippen LogP contribution in [0.25, 0.3) is 5.57 Å². The summed E-state index contributed by atoms with van der Waals surface area (Å²) in [6, 6.07) is 20.6. The van der Waals surface area contributed by atoms with Gasteiger partial charge < -0.3 is 14.7 Å². The fraction of sp³-hybridized carbons (Fsp3) is 0.300. The van der Waals surface area contributed by atoms with Crippen molar-refractivity contribution in [2.75, 3.05) is 37.6 Å². The second-order valence-corrected chi connectivity index (χ2v) is 10.4. The molecule has 0 unspecified atom stereocenters. The molecule has 1 aliphatic carbocycles. The lowest BCUT2D eigenvalue weighted by atomic mass is 9.87. The summed E-state index contributed by atoms with van der Waals surface area (Å²) < 4.78 is 5.95. The van der Waals surface area contributed by atoms with E-state index in [1.807, 2.05) is 36.4 Å². The molecule has 7 heteroatoms. The van der Waals surface area contributed by atoms with Gasteiger partial charge in [0.15, 0.2) is 0 Å². The molecule has 0 saturated carbocycles. The molecule has 3 aromatic rings. The van der Waals surface area contributed by atoms with Gasteiger partial charge in [0.1, 0.15) is 17.1 Å². The minimum atomic E-state index is -1.03. The SMILES string of the molecule is O=C(O)c1ccc(N2CCN(CC3=C(c4ccc(Cl)cc4)CCCC3)CC2)cc1Oc1ccccc1Cl. The molecule has 0 bridgehead atoms. The van der Waals surface area contributed by atoms with Crippen molar-refractivity contribution in [3.05, 3.63) is 93.5 Å². The Kier molecular flexibility index (Phi) is 8.04. The van der Waals surface area contributed by atoms with Crippen molar-refractivity contribution in [2.24, 2.45) is 0 Å². The first-order valence-corrected chi connectivity index (χ1v) is 13.5. The maximum atomic E-state index is 11.8. The van der Waals surface area contributed by atoms with E-state index >= 15 is 0 Å². The predicted octanol–water partition coefficient (Wildman–Crippen LogP) is 7.63. The predicted molar refractivity (Wildman–Crippen MR) is 150 cm³/mol. The van der Waals surface area contributed by atoms with E-state index in [2.05, 4.69) is 21.9 Å². The number of hydrogen-bond acceptors (Lipinski definition) is 4. The summed E-state index contributed by atoms with van der Waals surface area (Å²) >= 11 is 12.4. The zero-order valence-corrected chi connectivity index (χ0v) is 22.1. The Labute approximate surface area is 227 Å². The van der Waals surface area contributed by atoms with Gasteiger partial charge in [0.2, 0.25) is 0 Å². The summed E-state index contributed by atoms with van der Waals surface area (Å²) in [6.45, 7) is 4.60. The molecule has 0 aromatic heterocycles. The molecule has 2 aliphatic rings. The number of halogens is 2. The molecular weight excluding hydrogens is 507 g/mol. The average molecular weight is 537 g/mol. The third kappa shape index (κ3) is 6.12. The highest BCUT2D eigenvalue weighted by molar-refractivity contribution is 6.32. The molecule has 0 radical (unpaired) electrons. The average Bonchev–Trinajstić information content (AvgIpc) is 2.91. The van der Waals surface area contributed by atoms with E-state index in [9.17, 15) is 9.90 Å². The highest BCUT2D eigenvalue weighted by Gasteiger charge is 2.23. The first-order valence-electron chi connectivity index (χ1n) is 12.7. The van der Waals surface area contributed by atoms with E-state index in [0.29, 0.717) is 16.5 Å². The second-order valence-electron chi connectivity index (χ2n) is 9.58. The molecule has 192 valence electrons. The lowest BCUT2D eigenvalue weighted by Gasteiger charge is -2.37. The van der Waals surface area contributed by atoms with Crippen molar-refractivity contribution in [1.82, 2.24) is 4.90 Å². The standard InChI is InChI=1S/C30H30Cl2N2O3/c31-23-11-9-21(10-12-23)25-6-2-1-5-22(25)20-33-15-17-34(18-16-33)24-13-14-26(30(35)36)29(19-24)37-28-8-4-3-7-27(28)32/h3-4,7-14,19H,1-2,5-6,15-18,20H2,(H,35,36). The van der Waals surface area contributed by atoms with E-state index in [1.54, 1.807) is 23.8 Å². The third-order valence-corrected chi connectivity index (χ3v) is 7.74. The quantitative estimate of drug-likeness (QED) is 0.336. The number of para-hydroxylation sites is 1. The van der Waals surface area contributed by atoms with Crippen LogP contribution in [-0.4, -0.2) is 48.7 Å². The van der Waals surface area contributed by atoms with Gasteiger partial charge in [0.05, 0.1) is 5.02 Å². The van der Waals surface area contributed by atoms with Crippen molar-refractivity contribution < 1.29 is 14.6 Å². The van der Waals surface area contributed by atoms with Crippen LogP contribution in [0.1, 0.15) is 41.6 Å². The van der Waals surface area contributed by atoms with E-state index in [-0.39, 0.29) is 5.56 Å². The van der Waals surface area contributed by atoms with Crippen molar-refractivity contribution in [3.8, 4) is 11.5 Å². The normalized spacial score (nSPS) is 16.6. The van der Waals surface area contributed by atoms with Crippen molar-refractivity contribution >= 4 is 40.4 Å². The molecule has 5 rings (SSSR count). The molecule has 0 spiro atoms. The highest BCUT2D eigenvalue weighted by atomic mass is 35.5. The fourth-order valence-corrected chi connectivity index (χ4v) is 5.49. The smallest absolute Gasteiger partial charge is 0.339 e. The van der Waals surface area contributed by atoms with Gasteiger partial charge in [-0.1, -0.05) is 53.0 Å². The number of carboxylic acids is 1. The van der Waals surface area contributed by atoms with Gasteiger partial charge in [-0.05, 0) is 73.2 Å². The number of benzene rings is 3. The Morgan fingerprint density at radius 3 is 2.32 bits per heavy atom. The Bertz CT molecular complexity index is 1300. The Balaban J connectivity index is 1.28. The van der Waals surface area contributed by atoms with Gasteiger partial charge in [0, 0.05) is 49.5 Å². The lowest BCUT2D eigenvalue weighted by molar-refractivity contribution is 0.0694. The van der Waals surface area contributed by atoms with Crippen molar-refractivity contribution in [1.29, 1.82) is 0 Å². The van der Waals surface area contributed by atoms with Crippen LogP contribution in [0.5, 0.6) is 11.5 Å². The number of piperazine rings is 1. The third-order valence-electron chi connectivity index (χ3n) is 7.18. The molecule has 1 fully saturated rings. The molecular formula is C30H30Cl2N2O3. The Hall–Kier alpha value is -2.99. The summed E-state index contributed by atoms with van der Waals surface area (Å²) in [5.74, 6) is -0.304. The number of nitrogens with zero attached hydrogens (tertiary/aromatic N) is 2.